The van der Waals surface area contributed by atoms with E-state index < -0.39 is 5.97 Å². The lowest BCUT2D eigenvalue weighted by atomic mass is 9.98. The molecule has 0 spiro atoms. The van der Waals surface area contributed by atoms with E-state index in [2.05, 4.69) is 30.2 Å². The summed E-state index contributed by atoms with van der Waals surface area (Å²) in [4.78, 5) is 27.0. The Bertz CT molecular complexity index is 761. The van der Waals surface area contributed by atoms with Gasteiger partial charge in [0.05, 0.1) is 24.1 Å². The summed E-state index contributed by atoms with van der Waals surface area (Å²) < 4.78 is 5.84. The molecule has 1 aromatic heterocycles. The number of aromatic carboxylic acids is 1. The van der Waals surface area contributed by atoms with E-state index in [1.165, 1.54) is 24.0 Å². The maximum Gasteiger partial charge on any atom is 0.337 e. The molecule has 0 saturated heterocycles. The van der Waals surface area contributed by atoms with Gasteiger partial charge in [-0.25, -0.2) is 4.79 Å². The molecule has 2 N–H and O–H groups in total. The molecule has 2 aromatic rings. The minimum Gasteiger partial charge on any atom is -0.493 e. The Morgan fingerprint density at radius 1 is 1.27 bits per heavy atom. The number of carbonyl (C=O) groups is 2. The number of carboxylic acids is 1. The number of aromatic nitrogens is 1. The molecule has 0 fully saturated rings. The van der Waals surface area contributed by atoms with Crippen molar-refractivity contribution in [3.05, 3.63) is 53.9 Å². The number of hydrogen-bond acceptors (Lipinski definition) is 4. The monoisotopic (exact) mass is 356 g/mol. The highest BCUT2D eigenvalue weighted by Crippen LogP contribution is 2.28. The van der Waals surface area contributed by atoms with E-state index >= 15 is 0 Å². The van der Waals surface area contributed by atoms with Gasteiger partial charge >= 0.3 is 5.97 Å². The SMILES string of the molecule is CCC(C)c1ccccc1OCCCC(=O)Nc1cnccc1C(=O)O. The summed E-state index contributed by atoms with van der Waals surface area (Å²) in [5.41, 5.74) is 1.39. The second-order valence-corrected chi connectivity index (χ2v) is 6.07. The predicted molar refractivity (Wildman–Crippen MR) is 99.7 cm³/mol. The Labute approximate surface area is 153 Å². The number of benzene rings is 1. The lowest BCUT2D eigenvalue weighted by Gasteiger charge is -2.15. The average molecular weight is 356 g/mol. The minimum atomic E-state index is -1.10. The molecule has 138 valence electrons. The number of para-hydroxylation sites is 1. The molecule has 0 saturated carbocycles. The Balaban J connectivity index is 1.84. The molecular formula is C20H24N2O4. The summed E-state index contributed by atoms with van der Waals surface area (Å²) in [6, 6.07) is 9.29. The summed E-state index contributed by atoms with van der Waals surface area (Å²) >= 11 is 0. The van der Waals surface area contributed by atoms with Gasteiger partial charge in [0, 0.05) is 12.6 Å². The molecule has 1 atom stereocenters. The van der Waals surface area contributed by atoms with Crippen molar-refractivity contribution in [1.82, 2.24) is 4.98 Å². The van der Waals surface area contributed by atoms with Gasteiger partial charge in [-0.15, -0.1) is 0 Å². The fourth-order valence-corrected chi connectivity index (χ4v) is 2.55. The van der Waals surface area contributed by atoms with Gasteiger partial charge in [0.15, 0.2) is 0 Å². The molecule has 1 aromatic carbocycles. The second kappa shape index (κ2) is 9.56. The average Bonchev–Trinajstić information content (AvgIpc) is 2.65. The highest BCUT2D eigenvalue weighted by Gasteiger charge is 2.13. The molecule has 1 heterocycles. The van der Waals surface area contributed by atoms with Crippen LogP contribution in [0, 0.1) is 0 Å². The first-order chi connectivity index (χ1) is 12.5. The first kappa shape index (κ1) is 19.4. The van der Waals surface area contributed by atoms with Crippen LogP contribution in [0.15, 0.2) is 42.7 Å². The molecule has 0 aliphatic carbocycles. The molecule has 6 heteroatoms. The lowest BCUT2D eigenvalue weighted by Crippen LogP contribution is -2.15. The van der Waals surface area contributed by atoms with Crippen LogP contribution < -0.4 is 10.1 Å². The summed E-state index contributed by atoms with van der Waals surface area (Å²) in [5, 5.41) is 11.7. The number of carbonyl (C=O) groups excluding carboxylic acids is 1. The van der Waals surface area contributed by atoms with Crippen LogP contribution in [0.2, 0.25) is 0 Å². The fraction of sp³-hybridized carbons (Fsp3) is 0.350. The van der Waals surface area contributed by atoms with Crippen LogP contribution in [0.4, 0.5) is 5.69 Å². The third-order valence-electron chi connectivity index (χ3n) is 4.19. The van der Waals surface area contributed by atoms with Crippen LogP contribution in [0.1, 0.15) is 54.9 Å². The third-order valence-corrected chi connectivity index (χ3v) is 4.19. The van der Waals surface area contributed by atoms with Crippen molar-refractivity contribution < 1.29 is 19.4 Å². The van der Waals surface area contributed by atoms with Crippen LogP contribution in [0.25, 0.3) is 0 Å². The summed E-state index contributed by atoms with van der Waals surface area (Å²) in [6.07, 6.45) is 4.50. The van der Waals surface area contributed by atoms with Crippen molar-refractivity contribution in [2.75, 3.05) is 11.9 Å². The molecule has 0 aliphatic heterocycles. The summed E-state index contributed by atoms with van der Waals surface area (Å²) in [7, 11) is 0. The zero-order valence-electron chi connectivity index (χ0n) is 15.1. The van der Waals surface area contributed by atoms with Crippen LogP contribution in [0.3, 0.4) is 0 Å². The van der Waals surface area contributed by atoms with Crippen molar-refractivity contribution in [2.24, 2.45) is 0 Å². The fourth-order valence-electron chi connectivity index (χ4n) is 2.55. The van der Waals surface area contributed by atoms with E-state index in [9.17, 15) is 9.59 Å². The van der Waals surface area contributed by atoms with E-state index in [1.807, 2.05) is 18.2 Å². The highest BCUT2D eigenvalue weighted by molar-refractivity contribution is 6.00. The zero-order chi connectivity index (χ0) is 18.9. The molecule has 2 rings (SSSR count). The Morgan fingerprint density at radius 3 is 2.77 bits per heavy atom. The number of nitrogens with zero attached hydrogens (tertiary/aromatic N) is 1. The topological polar surface area (TPSA) is 88.5 Å². The number of carboxylic acid groups (broad SMARTS) is 1. The number of ether oxygens (including phenoxy) is 1. The van der Waals surface area contributed by atoms with E-state index in [4.69, 9.17) is 9.84 Å². The highest BCUT2D eigenvalue weighted by atomic mass is 16.5. The molecule has 6 nitrogen and oxygen atoms in total. The van der Waals surface area contributed by atoms with E-state index in [-0.39, 0.29) is 23.6 Å². The normalized spacial score (nSPS) is 11.6. The molecule has 0 radical (unpaired) electrons. The van der Waals surface area contributed by atoms with Crippen molar-refractivity contribution >= 4 is 17.6 Å². The summed E-state index contributed by atoms with van der Waals surface area (Å²) in [6.45, 7) is 4.71. The largest absolute Gasteiger partial charge is 0.493 e. The maximum atomic E-state index is 12.0. The van der Waals surface area contributed by atoms with Gasteiger partial charge in [-0.05, 0) is 36.5 Å². The van der Waals surface area contributed by atoms with Crippen LogP contribution in [-0.2, 0) is 4.79 Å². The van der Waals surface area contributed by atoms with Crippen LogP contribution in [-0.4, -0.2) is 28.6 Å². The van der Waals surface area contributed by atoms with Crippen molar-refractivity contribution in [3.8, 4) is 5.75 Å². The quantitative estimate of drug-likeness (QED) is 0.661. The van der Waals surface area contributed by atoms with Gasteiger partial charge in [-0.3, -0.25) is 9.78 Å². The first-order valence-electron chi connectivity index (χ1n) is 8.71. The molecule has 0 bridgehead atoms. The van der Waals surface area contributed by atoms with Crippen molar-refractivity contribution in [3.63, 3.8) is 0 Å². The first-order valence-corrected chi connectivity index (χ1v) is 8.71. The second-order valence-electron chi connectivity index (χ2n) is 6.07. The lowest BCUT2D eigenvalue weighted by molar-refractivity contribution is -0.116. The standard InChI is InChI=1S/C20H24N2O4/c1-3-14(2)15-7-4-5-8-18(15)26-12-6-9-19(23)22-17-13-21-11-10-16(17)20(24)25/h4-5,7-8,10-11,13-14H,3,6,9,12H2,1-2H3,(H,22,23)(H,24,25). The van der Waals surface area contributed by atoms with Gasteiger partial charge in [0.1, 0.15) is 5.75 Å². The predicted octanol–water partition coefficient (Wildman–Crippen LogP) is 4.09. The Morgan fingerprint density at radius 2 is 2.04 bits per heavy atom. The number of amides is 1. The maximum absolute atomic E-state index is 12.0. The minimum absolute atomic E-state index is 0.0204. The molecule has 1 amide bonds. The van der Waals surface area contributed by atoms with Gasteiger partial charge in [-0.2, -0.15) is 0 Å². The van der Waals surface area contributed by atoms with Crippen molar-refractivity contribution in [2.45, 2.75) is 39.0 Å². The van der Waals surface area contributed by atoms with Crippen LogP contribution >= 0.6 is 0 Å². The molecular weight excluding hydrogens is 332 g/mol. The molecule has 26 heavy (non-hydrogen) atoms. The molecule has 0 aliphatic rings. The number of pyridine rings is 1. The van der Waals surface area contributed by atoms with Gasteiger partial charge < -0.3 is 15.2 Å². The molecule has 1 unspecified atom stereocenters. The smallest absolute Gasteiger partial charge is 0.337 e. The van der Waals surface area contributed by atoms with Gasteiger partial charge in [-0.1, -0.05) is 32.0 Å². The Hall–Kier alpha value is -2.89. The van der Waals surface area contributed by atoms with Gasteiger partial charge in [0.2, 0.25) is 5.91 Å². The number of rotatable bonds is 9. The Kier molecular flexibility index (Phi) is 7.14. The number of hydrogen-bond donors (Lipinski definition) is 2. The van der Waals surface area contributed by atoms with E-state index in [1.54, 1.807) is 0 Å². The zero-order valence-corrected chi connectivity index (χ0v) is 15.1. The van der Waals surface area contributed by atoms with Gasteiger partial charge in [0.25, 0.3) is 0 Å². The summed E-state index contributed by atoms with van der Waals surface area (Å²) in [5.74, 6) is -0.107. The van der Waals surface area contributed by atoms with E-state index in [0.717, 1.165) is 12.2 Å². The van der Waals surface area contributed by atoms with Crippen molar-refractivity contribution in [1.29, 1.82) is 0 Å². The van der Waals surface area contributed by atoms with Crippen LogP contribution in [0.5, 0.6) is 5.75 Å². The number of nitrogens with one attached hydrogen (secondary N) is 1. The van der Waals surface area contributed by atoms with E-state index in [0.29, 0.717) is 18.9 Å². The third kappa shape index (κ3) is 5.31. The number of anilines is 1.